The Labute approximate surface area is 153 Å². The molecule has 1 aliphatic rings. The van der Waals surface area contributed by atoms with Gasteiger partial charge < -0.3 is 10.6 Å². The molecule has 1 aromatic carbocycles. The van der Waals surface area contributed by atoms with E-state index in [0.29, 0.717) is 26.0 Å². The number of nitrogens with two attached hydrogens (primary N) is 1. The van der Waals surface area contributed by atoms with Gasteiger partial charge in [0.05, 0.1) is 17.6 Å². The van der Waals surface area contributed by atoms with Crippen LogP contribution in [0.25, 0.3) is 0 Å². The van der Waals surface area contributed by atoms with Crippen molar-refractivity contribution in [1.29, 1.82) is 0 Å². The molecule has 1 amide bonds. The highest BCUT2D eigenvalue weighted by atomic mass is 16.6. The highest BCUT2D eigenvalue weighted by Gasteiger charge is 2.46. The zero-order valence-electron chi connectivity index (χ0n) is 15.1. The maximum Gasteiger partial charge on any atom is 0.224 e. The van der Waals surface area contributed by atoms with Gasteiger partial charge in [-0.15, -0.1) is 0 Å². The van der Waals surface area contributed by atoms with Crippen LogP contribution in [-0.2, 0) is 25.6 Å². The first-order valence-corrected chi connectivity index (χ1v) is 8.93. The van der Waals surface area contributed by atoms with Crippen molar-refractivity contribution in [1.82, 2.24) is 5.48 Å². The van der Waals surface area contributed by atoms with Gasteiger partial charge in [-0.3, -0.25) is 14.4 Å². The largest absolute Gasteiger partial charge is 0.369 e. The number of unbranched alkanes of at least 4 members (excludes halogenated alkanes) is 1. The summed E-state index contributed by atoms with van der Waals surface area (Å²) in [7, 11) is 0. The van der Waals surface area contributed by atoms with Crippen LogP contribution < -0.4 is 11.2 Å². The average Bonchev–Trinajstić information content (AvgIpc) is 2.60. The van der Waals surface area contributed by atoms with Crippen LogP contribution in [0, 0.1) is 5.41 Å². The first-order chi connectivity index (χ1) is 12.5. The standard InChI is InChI=1S/C20H26N2O4/c1-2-26-22-11-7-6-10-16-17(23)13-20(19(21)25,14-18(16)24)12-15-8-4-3-5-9-15/h3-5,8-10,22H,2,6-7,11-14H2,1H3,(H2,21,25). The molecule has 26 heavy (non-hydrogen) atoms. The smallest absolute Gasteiger partial charge is 0.224 e. The third kappa shape index (κ3) is 5.09. The van der Waals surface area contributed by atoms with Gasteiger partial charge in [0.1, 0.15) is 0 Å². The van der Waals surface area contributed by atoms with Crippen molar-refractivity contribution in [3.05, 3.63) is 47.5 Å². The second-order valence-electron chi connectivity index (χ2n) is 6.59. The second-order valence-corrected chi connectivity index (χ2v) is 6.59. The molecule has 0 bridgehead atoms. The molecule has 1 aromatic rings. The van der Waals surface area contributed by atoms with Gasteiger partial charge >= 0.3 is 0 Å². The number of hydrogen-bond acceptors (Lipinski definition) is 5. The lowest BCUT2D eigenvalue weighted by molar-refractivity contribution is -0.139. The van der Waals surface area contributed by atoms with Crippen LogP contribution in [0.15, 0.2) is 42.0 Å². The number of allylic oxidation sites excluding steroid dienone is 2. The lowest BCUT2D eigenvalue weighted by Crippen LogP contribution is -2.46. The highest BCUT2D eigenvalue weighted by molar-refractivity contribution is 6.24. The van der Waals surface area contributed by atoms with Gasteiger partial charge in [-0.05, 0) is 31.7 Å². The number of Topliss-reactive ketones (excluding diaryl/α,β-unsaturated/α-hetero) is 2. The molecule has 1 saturated carbocycles. The Bertz CT molecular complexity index is 662. The number of hydrogen-bond donors (Lipinski definition) is 2. The number of benzene rings is 1. The Balaban J connectivity index is 2.05. The Kier molecular flexibility index (Phi) is 7.24. The van der Waals surface area contributed by atoms with Gasteiger partial charge in [-0.2, -0.15) is 0 Å². The van der Waals surface area contributed by atoms with E-state index >= 15 is 0 Å². The molecular formula is C20H26N2O4. The molecule has 0 unspecified atom stereocenters. The van der Waals surface area contributed by atoms with Crippen molar-refractivity contribution >= 4 is 17.5 Å². The molecular weight excluding hydrogens is 332 g/mol. The van der Waals surface area contributed by atoms with E-state index in [1.54, 1.807) is 6.08 Å². The molecule has 140 valence electrons. The molecule has 0 spiro atoms. The summed E-state index contributed by atoms with van der Waals surface area (Å²) in [5.41, 5.74) is 8.35. The molecule has 1 fully saturated rings. The van der Waals surface area contributed by atoms with Crippen molar-refractivity contribution in [2.75, 3.05) is 13.2 Å². The Morgan fingerprint density at radius 2 is 1.88 bits per heavy atom. The molecule has 0 aliphatic heterocycles. The summed E-state index contributed by atoms with van der Waals surface area (Å²) in [6, 6.07) is 9.34. The lowest BCUT2D eigenvalue weighted by atomic mass is 9.67. The van der Waals surface area contributed by atoms with Crippen molar-refractivity contribution in [3.63, 3.8) is 0 Å². The number of ketones is 2. The number of hydroxylamine groups is 1. The number of carbonyl (C=O) groups excluding carboxylic acids is 3. The van der Waals surface area contributed by atoms with Crippen molar-refractivity contribution in [2.24, 2.45) is 11.1 Å². The number of rotatable bonds is 9. The number of amides is 1. The molecule has 0 radical (unpaired) electrons. The summed E-state index contributed by atoms with van der Waals surface area (Å²) in [6.07, 6.45) is 3.26. The van der Waals surface area contributed by atoms with E-state index in [-0.39, 0.29) is 30.0 Å². The van der Waals surface area contributed by atoms with Crippen LogP contribution in [0.1, 0.15) is 38.2 Å². The maximum atomic E-state index is 12.5. The zero-order chi connectivity index (χ0) is 19.0. The van der Waals surface area contributed by atoms with Crippen molar-refractivity contribution in [2.45, 2.75) is 39.0 Å². The van der Waals surface area contributed by atoms with E-state index < -0.39 is 11.3 Å². The van der Waals surface area contributed by atoms with E-state index in [4.69, 9.17) is 10.6 Å². The topological polar surface area (TPSA) is 98.5 Å². The first-order valence-electron chi connectivity index (χ1n) is 8.93. The predicted octanol–water partition coefficient (Wildman–Crippen LogP) is 1.88. The minimum Gasteiger partial charge on any atom is -0.369 e. The van der Waals surface area contributed by atoms with E-state index in [2.05, 4.69) is 5.48 Å². The Morgan fingerprint density at radius 1 is 1.23 bits per heavy atom. The summed E-state index contributed by atoms with van der Waals surface area (Å²) in [5.74, 6) is -1.19. The minimum absolute atomic E-state index is 0.0218. The summed E-state index contributed by atoms with van der Waals surface area (Å²) in [6.45, 7) is 3.10. The van der Waals surface area contributed by atoms with Crippen LogP contribution in [-0.4, -0.2) is 30.6 Å². The van der Waals surface area contributed by atoms with Crippen LogP contribution in [0.2, 0.25) is 0 Å². The average molecular weight is 358 g/mol. The molecule has 0 heterocycles. The van der Waals surface area contributed by atoms with Gasteiger partial charge in [-0.25, -0.2) is 5.48 Å². The molecule has 2 rings (SSSR count). The van der Waals surface area contributed by atoms with Crippen LogP contribution in [0.4, 0.5) is 0 Å². The Hall–Kier alpha value is -2.31. The van der Waals surface area contributed by atoms with Crippen molar-refractivity contribution < 1.29 is 19.2 Å². The highest BCUT2D eigenvalue weighted by Crippen LogP contribution is 2.38. The fourth-order valence-electron chi connectivity index (χ4n) is 3.22. The van der Waals surface area contributed by atoms with Crippen LogP contribution >= 0.6 is 0 Å². The van der Waals surface area contributed by atoms with Crippen LogP contribution in [0.5, 0.6) is 0 Å². The third-order valence-electron chi connectivity index (χ3n) is 4.58. The SMILES string of the molecule is CCONCCCC=C1C(=O)CC(Cc2ccccc2)(C(N)=O)CC1=O. The number of nitrogens with one attached hydrogen (secondary N) is 1. The van der Waals surface area contributed by atoms with E-state index in [1.807, 2.05) is 37.3 Å². The Morgan fingerprint density at radius 3 is 2.46 bits per heavy atom. The molecule has 0 saturated heterocycles. The zero-order valence-corrected chi connectivity index (χ0v) is 15.1. The lowest BCUT2D eigenvalue weighted by Gasteiger charge is -2.33. The summed E-state index contributed by atoms with van der Waals surface area (Å²) >= 11 is 0. The van der Waals surface area contributed by atoms with Gasteiger partial charge in [0, 0.05) is 19.4 Å². The molecule has 0 aromatic heterocycles. The minimum atomic E-state index is -1.14. The quantitative estimate of drug-likeness (QED) is 0.304. The molecule has 6 nitrogen and oxygen atoms in total. The third-order valence-corrected chi connectivity index (χ3v) is 4.58. The van der Waals surface area contributed by atoms with Gasteiger partial charge in [-0.1, -0.05) is 36.4 Å². The van der Waals surface area contributed by atoms with E-state index in [1.165, 1.54) is 0 Å². The van der Waals surface area contributed by atoms with Gasteiger partial charge in [0.15, 0.2) is 11.6 Å². The maximum absolute atomic E-state index is 12.5. The predicted molar refractivity (Wildman–Crippen MR) is 98.0 cm³/mol. The summed E-state index contributed by atoms with van der Waals surface area (Å²) in [4.78, 5) is 42.2. The van der Waals surface area contributed by atoms with Gasteiger partial charge in [0.2, 0.25) is 5.91 Å². The fourth-order valence-corrected chi connectivity index (χ4v) is 3.22. The second kappa shape index (κ2) is 9.40. The fraction of sp³-hybridized carbons (Fsp3) is 0.450. The molecule has 6 heteroatoms. The first kappa shape index (κ1) is 20.0. The molecule has 1 aliphatic carbocycles. The van der Waals surface area contributed by atoms with Gasteiger partial charge in [0.25, 0.3) is 0 Å². The van der Waals surface area contributed by atoms with E-state index in [9.17, 15) is 14.4 Å². The summed E-state index contributed by atoms with van der Waals surface area (Å²) < 4.78 is 0. The normalized spacial score (nSPS) is 20.3. The summed E-state index contributed by atoms with van der Waals surface area (Å²) in [5, 5.41) is 0. The molecule has 3 N–H and O–H groups in total. The number of primary amides is 1. The van der Waals surface area contributed by atoms with Crippen molar-refractivity contribution in [3.8, 4) is 0 Å². The molecule has 0 atom stereocenters. The number of carbonyl (C=O) groups is 3. The van der Waals surface area contributed by atoms with E-state index in [0.717, 1.165) is 12.0 Å². The van der Waals surface area contributed by atoms with Crippen LogP contribution in [0.3, 0.4) is 0 Å². The monoisotopic (exact) mass is 358 g/mol.